The molecule has 0 fully saturated rings. The molecule has 0 radical (unpaired) electrons. The highest BCUT2D eigenvalue weighted by Gasteiger charge is 2.18. The first-order chi connectivity index (χ1) is 17.0. The van der Waals surface area contributed by atoms with Gasteiger partial charge in [0.1, 0.15) is 16.2 Å². The lowest BCUT2D eigenvalue weighted by Crippen LogP contribution is -2.24. The zero-order valence-corrected chi connectivity index (χ0v) is 20.5. The number of carbonyl (C=O) groups excluding carboxylic acids is 1. The number of hydrogen-bond acceptors (Lipinski definition) is 9. The molecule has 1 aliphatic heterocycles. The smallest absolute Gasteiger partial charge is 0.272 e. The second-order valence-corrected chi connectivity index (χ2v) is 9.41. The number of methoxy groups -OCH3 is 2. The minimum atomic E-state index is -0.250. The van der Waals surface area contributed by atoms with Crippen molar-refractivity contribution in [2.75, 3.05) is 32.1 Å². The van der Waals surface area contributed by atoms with E-state index in [4.69, 9.17) is 18.9 Å². The lowest BCUT2D eigenvalue weighted by molar-refractivity contribution is -0.113. The number of nitrogens with one attached hydrogen (secondary N) is 1. The van der Waals surface area contributed by atoms with Crippen LogP contribution in [0.3, 0.4) is 0 Å². The van der Waals surface area contributed by atoms with E-state index >= 15 is 0 Å². The van der Waals surface area contributed by atoms with Gasteiger partial charge in [0.25, 0.3) is 5.56 Å². The third-order valence-corrected chi connectivity index (χ3v) is 7.14. The molecule has 4 aromatic rings. The predicted octanol–water partition coefficient (Wildman–Crippen LogP) is 3.98. The predicted molar refractivity (Wildman–Crippen MR) is 134 cm³/mol. The molecule has 0 atom stereocenters. The topological polar surface area (TPSA) is 101 Å². The number of fused-ring (bicyclic) bond motifs is 2. The summed E-state index contributed by atoms with van der Waals surface area (Å²) in [5, 5.41) is 5.13. The molecule has 5 rings (SSSR count). The van der Waals surface area contributed by atoms with Crippen molar-refractivity contribution in [1.29, 1.82) is 0 Å². The van der Waals surface area contributed by atoms with Crippen LogP contribution in [0, 0.1) is 0 Å². The number of nitrogens with zero attached hydrogens (tertiary/aromatic N) is 2. The Bertz CT molecular complexity index is 1440. The van der Waals surface area contributed by atoms with Gasteiger partial charge >= 0.3 is 0 Å². The summed E-state index contributed by atoms with van der Waals surface area (Å²) >= 11 is 2.55. The maximum atomic E-state index is 13.3. The quantitative estimate of drug-likeness (QED) is 0.280. The third-order valence-electron chi connectivity index (χ3n) is 5.28. The van der Waals surface area contributed by atoms with Crippen LogP contribution in [-0.4, -0.2) is 42.2 Å². The molecular weight excluding hydrogens is 490 g/mol. The number of ether oxygens (including phenoxy) is 4. The van der Waals surface area contributed by atoms with Crippen LogP contribution in [0.2, 0.25) is 0 Å². The highest BCUT2D eigenvalue weighted by molar-refractivity contribution is 7.99. The van der Waals surface area contributed by atoms with Crippen molar-refractivity contribution in [2.45, 2.75) is 11.7 Å². The van der Waals surface area contributed by atoms with Gasteiger partial charge in [-0.25, -0.2) is 4.98 Å². The standard InChI is InChI=1S/C24H21N3O6S2/c1-30-16-8-15(9-17(10-16)31-2)25-21(28)12-35-24-26-18-5-6-34-22(18)23(29)27(24)11-14-3-4-19-20(7-14)33-13-32-19/h3-10H,11-13H2,1-2H3,(H,25,28). The van der Waals surface area contributed by atoms with E-state index in [9.17, 15) is 9.59 Å². The molecule has 0 spiro atoms. The molecule has 0 saturated carbocycles. The molecule has 0 aliphatic carbocycles. The molecular formula is C24H21N3O6S2. The molecule has 1 aliphatic rings. The first kappa shape index (κ1) is 23.1. The SMILES string of the molecule is COc1cc(NC(=O)CSc2nc3ccsc3c(=O)n2Cc2ccc3c(c2)OCO3)cc(OC)c1. The van der Waals surface area contributed by atoms with Crippen molar-refractivity contribution >= 4 is 44.9 Å². The van der Waals surface area contributed by atoms with Gasteiger partial charge < -0.3 is 24.3 Å². The zero-order valence-electron chi connectivity index (χ0n) is 18.9. The van der Waals surface area contributed by atoms with Crippen LogP contribution in [0.15, 0.2) is 57.8 Å². The van der Waals surface area contributed by atoms with Gasteiger partial charge in [0.15, 0.2) is 16.7 Å². The van der Waals surface area contributed by atoms with Gasteiger partial charge in [-0.15, -0.1) is 11.3 Å². The van der Waals surface area contributed by atoms with E-state index in [-0.39, 0.29) is 30.6 Å². The van der Waals surface area contributed by atoms with Gasteiger partial charge in [0, 0.05) is 23.9 Å². The summed E-state index contributed by atoms with van der Waals surface area (Å²) in [5.74, 6) is 2.25. The van der Waals surface area contributed by atoms with Gasteiger partial charge in [-0.05, 0) is 29.1 Å². The van der Waals surface area contributed by atoms with Gasteiger partial charge in [-0.1, -0.05) is 17.8 Å². The summed E-state index contributed by atoms with van der Waals surface area (Å²) in [6.07, 6.45) is 0. The minimum Gasteiger partial charge on any atom is -0.497 e. The van der Waals surface area contributed by atoms with Crippen LogP contribution in [0.4, 0.5) is 5.69 Å². The summed E-state index contributed by atoms with van der Waals surface area (Å²) in [6.45, 7) is 0.462. The lowest BCUT2D eigenvalue weighted by Gasteiger charge is -2.13. The van der Waals surface area contributed by atoms with Crippen LogP contribution < -0.4 is 29.8 Å². The second kappa shape index (κ2) is 9.88. The van der Waals surface area contributed by atoms with E-state index < -0.39 is 0 Å². The van der Waals surface area contributed by atoms with Crippen LogP contribution in [0.5, 0.6) is 23.0 Å². The fourth-order valence-electron chi connectivity index (χ4n) is 3.60. The normalized spacial score (nSPS) is 12.1. The average Bonchev–Trinajstić information content (AvgIpc) is 3.53. The molecule has 2 aromatic carbocycles. The highest BCUT2D eigenvalue weighted by Crippen LogP contribution is 2.33. The van der Waals surface area contributed by atoms with Crippen molar-refractivity contribution in [3.8, 4) is 23.0 Å². The number of amides is 1. The zero-order chi connectivity index (χ0) is 24.4. The Morgan fingerprint density at radius 1 is 1.11 bits per heavy atom. The Kier molecular flexibility index (Phi) is 6.51. The Morgan fingerprint density at radius 3 is 2.66 bits per heavy atom. The minimum absolute atomic E-state index is 0.0583. The molecule has 3 heterocycles. The van der Waals surface area contributed by atoms with Crippen LogP contribution >= 0.6 is 23.1 Å². The van der Waals surface area contributed by atoms with Gasteiger partial charge in [0.2, 0.25) is 12.7 Å². The molecule has 35 heavy (non-hydrogen) atoms. The van der Waals surface area contributed by atoms with Crippen molar-refractivity contribution in [2.24, 2.45) is 0 Å². The fourth-order valence-corrected chi connectivity index (χ4v) is 5.18. The Labute approximate surface area is 208 Å². The van der Waals surface area contributed by atoms with E-state index in [1.165, 1.54) is 23.1 Å². The third kappa shape index (κ3) is 4.91. The molecule has 1 N–H and O–H groups in total. The monoisotopic (exact) mass is 511 g/mol. The number of aromatic nitrogens is 2. The molecule has 0 saturated heterocycles. The summed E-state index contributed by atoms with van der Waals surface area (Å²) in [5.41, 5.74) is 1.88. The Hall–Kier alpha value is -3.70. The van der Waals surface area contributed by atoms with Gasteiger partial charge in [0.05, 0.1) is 32.0 Å². The molecule has 11 heteroatoms. The first-order valence-electron chi connectivity index (χ1n) is 10.6. The lowest BCUT2D eigenvalue weighted by atomic mass is 10.2. The molecule has 180 valence electrons. The van der Waals surface area contributed by atoms with Crippen LogP contribution in [-0.2, 0) is 11.3 Å². The number of thiophene rings is 1. The Balaban J connectivity index is 1.38. The fraction of sp³-hybridized carbons (Fsp3) is 0.208. The van der Waals surface area contributed by atoms with E-state index in [2.05, 4.69) is 10.3 Å². The Morgan fingerprint density at radius 2 is 1.89 bits per heavy atom. The average molecular weight is 512 g/mol. The number of benzene rings is 2. The van der Waals surface area contributed by atoms with Crippen LogP contribution in [0.1, 0.15) is 5.56 Å². The van der Waals surface area contributed by atoms with E-state index in [0.29, 0.717) is 44.1 Å². The second-order valence-electron chi connectivity index (χ2n) is 7.55. The number of hydrogen-bond donors (Lipinski definition) is 1. The maximum Gasteiger partial charge on any atom is 0.272 e. The number of carbonyl (C=O) groups is 1. The van der Waals surface area contributed by atoms with Crippen molar-refractivity contribution in [3.63, 3.8) is 0 Å². The van der Waals surface area contributed by atoms with Crippen molar-refractivity contribution in [1.82, 2.24) is 9.55 Å². The largest absolute Gasteiger partial charge is 0.497 e. The van der Waals surface area contributed by atoms with E-state index in [0.717, 1.165) is 5.56 Å². The summed E-state index contributed by atoms with van der Waals surface area (Å²) in [6, 6.07) is 12.5. The van der Waals surface area contributed by atoms with Crippen molar-refractivity contribution < 1.29 is 23.7 Å². The van der Waals surface area contributed by atoms with Gasteiger partial charge in [-0.3, -0.25) is 14.2 Å². The first-order valence-corrected chi connectivity index (χ1v) is 12.4. The van der Waals surface area contributed by atoms with E-state index in [1.54, 1.807) is 43.1 Å². The number of anilines is 1. The molecule has 0 unspecified atom stereocenters. The molecule has 0 bridgehead atoms. The maximum absolute atomic E-state index is 13.3. The number of thioether (sulfide) groups is 1. The molecule has 9 nitrogen and oxygen atoms in total. The van der Waals surface area contributed by atoms with Crippen molar-refractivity contribution in [3.05, 3.63) is 63.8 Å². The van der Waals surface area contributed by atoms with E-state index in [1.807, 2.05) is 23.6 Å². The summed E-state index contributed by atoms with van der Waals surface area (Å²) < 4.78 is 23.5. The summed E-state index contributed by atoms with van der Waals surface area (Å²) in [4.78, 5) is 30.6. The molecule has 2 aromatic heterocycles. The highest BCUT2D eigenvalue weighted by atomic mass is 32.2. The number of rotatable bonds is 8. The van der Waals surface area contributed by atoms with Crippen LogP contribution in [0.25, 0.3) is 10.2 Å². The summed E-state index contributed by atoms with van der Waals surface area (Å²) in [7, 11) is 3.09. The van der Waals surface area contributed by atoms with Gasteiger partial charge in [-0.2, -0.15) is 0 Å². The molecule has 1 amide bonds.